The van der Waals surface area contributed by atoms with Gasteiger partial charge < -0.3 is 4.74 Å². The van der Waals surface area contributed by atoms with Crippen LogP contribution < -0.4 is 0 Å². The molecule has 5 unspecified atom stereocenters. The zero-order chi connectivity index (χ0) is 22.7. The maximum absolute atomic E-state index is 7.10. The van der Waals surface area contributed by atoms with Crippen molar-refractivity contribution in [2.75, 3.05) is 6.61 Å². The lowest BCUT2D eigenvalue weighted by Crippen LogP contribution is -2.70. The van der Waals surface area contributed by atoms with Crippen molar-refractivity contribution < 1.29 is 4.74 Å². The molecule has 0 radical (unpaired) electrons. The summed E-state index contributed by atoms with van der Waals surface area (Å²) in [6.45, 7) is 14.0. The Bertz CT molecular complexity index is 750. The Kier molecular flexibility index (Phi) is 4.86. The number of hydrogen-bond donors (Lipinski definition) is 0. The molecule has 0 amide bonds. The predicted octanol–water partition coefficient (Wildman–Crippen LogP) is 9.07. The van der Waals surface area contributed by atoms with E-state index in [4.69, 9.17) is 4.74 Å². The molecule has 8 bridgehead atoms. The van der Waals surface area contributed by atoms with Gasteiger partial charge in [-0.2, -0.15) is 0 Å². The van der Waals surface area contributed by atoms with Gasteiger partial charge in [-0.25, -0.2) is 0 Å². The molecule has 1 nitrogen and oxygen atoms in total. The van der Waals surface area contributed by atoms with Crippen LogP contribution in [0.2, 0.25) is 0 Å². The fourth-order valence-corrected chi connectivity index (χ4v) is 13.8. The summed E-state index contributed by atoms with van der Waals surface area (Å²) in [6, 6.07) is 0. The van der Waals surface area contributed by atoms with Crippen molar-refractivity contribution >= 4 is 15.9 Å². The molecule has 0 N–H and O–H groups in total. The molecule has 8 aliphatic carbocycles. The van der Waals surface area contributed by atoms with E-state index in [0.717, 1.165) is 12.5 Å². The summed E-state index contributed by atoms with van der Waals surface area (Å²) in [6.07, 6.45) is 21.5. The third-order valence-corrected chi connectivity index (χ3v) is 12.7. The fourth-order valence-electron chi connectivity index (χ4n) is 13.2. The minimum atomic E-state index is 0.169. The van der Waals surface area contributed by atoms with Gasteiger partial charge in [0.15, 0.2) is 0 Å². The van der Waals surface area contributed by atoms with E-state index in [1.807, 2.05) is 0 Å². The van der Waals surface area contributed by atoms with Crippen molar-refractivity contribution in [2.24, 2.45) is 38.4 Å². The average molecular weight is 506 g/mol. The van der Waals surface area contributed by atoms with Crippen LogP contribution in [0.3, 0.4) is 0 Å². The van der Waals surface area contributed by atoms with E-state index in [2.05, 4.69) is 50.5 Å². The lowest BCUT2D eigenvalue weighted by Gasteiger charge is -2.78. The third-order valence-electron chi connectivity index (χ3n) is 11.7. The Balaban J connectivity index is 1.34. The van der Waals surface area contributed by atoms with Gasteiger partial charge in [0.2, 0.25) is 0 Å². The van der Waals surface area contributed by atoms with E-state index in [1.165, 1.54) is 89.9 Å². The van der Waals surface area contributed by atoms with Crippen LogP contribution in [-0.4, -0.2) is 17.0 Å². The Labute approximate surface area is 206 Å². The molecule has 5 atom stereocenters. The van der Waals surface area contributed by atoms with Gasteiger partial charge in [-0.3, -0.25) is 0 Å². The van der Waals surface area contributed by atoms with Crippen molar-refractivity contribution in [3.8, 4) is 0 Å². The van der Waals surface area contributed by atoms with Crippen molar-refractivity contribution in [1.29, 1.82) is 0 Å². The van der Waals surface area contributed by atoms with Crippen LogP contribution in [0.5, 0.6) is 0 Å². The van der Waals surface area contributed by atoms with E-state index in [0.29, 0.717) is 37.3 Å². The van der Waals surface area contributed by atoms with Crippen molar-refractivity contribution in [3.63, 3.8) is 0 Å². The molecule has 0 heterocycles. The van der Waals surface area contributed by atoms with Crippen LogP contribution >= 0.6 is 15.9 Å². The molecule has 0 spiro atoms. The number of ether oxygens (including phenoxy) is 1. The largest absolute Gasteiger partial charge is 0.375 e. The second-order valence-electron chi connectivity index (χ2n) is 16.1. The molecule has 0 aromatic heterocycles. The minimum Gasteiger partial charge on any atom is -0.375 e. The second kappa shape index (κ2) is 6.80. The lowest BCUT2D eigenvalue weighted by molar-refractivity contribution is -0.306. The molecule has 2 heteroatoms. The molecule has 8 aliphatic rings. The molecule has 32 heavy (non-hydrogen) atoms. The van der Waals surface area contributed by atoms with Gasteiger partial charge in [0.25, 0.3) is 0 Å². The van der Waals surface area contributed by atoms with Crippen LogP contribution in [0, 0.1) is 38.4 Å². The lowest BCUT2D eigenvalue weighted by atomic mass is 9.28. The third kappa shape index (κ3) is 3.37. The highest BCUT2D eigenvalue weighted by Crippen LogP contribution is 2.82. The van der Waals surface area contributed by atoms with E-state index in [9.17, 15) is 0 Å². The van der Waals surface area contributed by atoms with Gasteiger partial charge in [-0.15, -0.1) is 0 Å². The van der Waals surface area contributed by atoms with Crippen LogP contribution in [0.1, 0.15) is 131 Å². The van der Waals surface area contributed by atoms with Gasteiger partial charge >= 0.3 is 0 Å². The Morgan fingerprint density at radius 2 is 1.25 bits per heavy atom. The van der Waals surface area contributed by atoms with Crippen molar-refractivity contribution in [3.05, 3.63) is 0 Å². The quantitative estimate of drug-likeness (QED) is 0.314. The van der Waals surface area contributed by atoms with E-state index < -0.39 is 0 Å². The Morgan fingerprint density at radius 3 is 1.81 bits per heavy atom. The van der Waals surface area contributed by atoms with Crippen LogP contribution in [-0.2, 0) is 4.74 Å². The average Bonchev–Trinajstić information content (AvgIpc) is 2.55. The van der Waals surface area contributed by atoms with Crippen LogP contribution in [0.15, 0.2) is 0 Å². The van der Waals surface area contributed by atoms with E-state index >= 15 is 0 Å². The first kappa shape index (κ1) is 22.9. The molecule has 8 fully saturated rings. The summed E-state index contributed by atoms with van der Waals surface area (Å²) in [5.41, 5.74) is 3.58. The first-order valence-electron chi connectivity index (χ1n) is 14.1. The van der Waals surface area contributed by atoms with Crippen molar-refractivity contribution in [2.45, 2.75) is 141 Å². The van der Waals surface area contributed by atoms with Gasteiger partial charge in [-0.05, 0) is 128 Å². The highest BCUT2D eigenvalue weighted by molar-refractivity contribution is 9.09. The zero-order valence-electron chi connectivity index (χ0n) is 21.8. The summed E-state index contributed by atoms with van der Waals surface area (Å²) >= 11 is 3.92. The van der Waals surface area contributed by atoms with Crippen molar-refractivity contribution in [1.82, 2.24) is 0 Å². The highest BCUT2D eigenvalue weighted by Gasteiger charge is 2.74. The number of rotatable bonds is 7. The van der Waals surface area contributed by atoms with Crippen LogP contribution in [0.25, 0.3) is 0 Å². The first-order valence-corrected chi connectivity index (χ1v) is 15.0. The van der Waals surface area contributed by atoms with E-state index in [1.54, 1.807) is 6.42 Å². The normalized spacial score (nSPS) is 58.5. The minimum absolute atomic E-state index is 0.169. The standard InChI is InChI=1S/C30H49BrO/c1-6-7-23(31)8-9-32-30-19-26(4)14-27(5,20-30)18-29(17-26,21-30)28-12-22-10-24(2,15-28)13-25(3,11-22)16-28/h22-23H,6-21H2,1-5H3. The number of hydrogen-bond acceptors (Lipinski definition) is 1. The summed E-state index contributed by atoms with van der Waals surface area (Å²) < 4.78 is 7.10. The molecular formula is C30H49BrO. The number of alkyl halides is 1. The molecule has 0 aromatic carbocycles. The molecule has 0 aromatic rings. The smallest absolute Gasteiger partial charge is 0.0698 e. The monoisotopic (exact) mass is 504 g/mol. The maximum atomic E-state index is 7.10. The topological polar surface area (TPSA) is 9.23 Å². The highest BCUT2D eigenvalue weighted by atomic mass is 79.9. The molecular weight excluding hydrogens is 456 g/mol. The molecule has 8 rings (SSSR count). The molecule has 182 valence electrons. The van der Waals surface area contributed by atoms with E-state index in [-0.39, 0.29) is 5.60 Å². The summed E-state index contributed by atoms with van der Waals surface area (Å²) in [5.74, 6) is 1.01. The summed E-state index contributed by atoms with van der Waals surface area (Å²) in [5, 5.41) is 0. The van der Waals surface area contributed by atoms with Gasteiger partial charge in [0.05, 0.1) is 5.60 Å². The zero-order valence-corrected chi connectivity index (χ0v) is 23.3. The summed E-state index contributed by atoms with van der Waals surface area (Å²) in [4.78, 5) is 0.629. The fraction of sp³-hybridized carbons (Fsp3) is 1.00. The molecule has 8 saturated carbocycles. The number of halogens is 1. The maximum Gasteiger partial charge on any atom is 0.0698 e. The molecule has 0 saturated heterocycles. The second-order valence-corrected chi connectivity index (χ2v) is 17.4. The first-order chi connectivity index (χ1) is 14.9. The van der Waals surface area contributed by atoms with Crippen LogP contribution in [0.4, 0.5) is 0 Å². The van der Waals surface area contributed by atoms with Gasteiger partial charge in [0.1, 0.15) is 0 Å². The van der Waals surface area contributed by atoms with Gasteiger partial charge in [0, 0.05) is 11.4 Å². The Morgan fingerprint density at radius 1 is 0.688 bits per heavy atom. The molecule has 0 aliphatic heterocycles. The SMILES string of the molecule is CCCC(Br)CCOC12CC3(C)CC(C)(C1)CC(C14CC5CC(C)(CC(C)(C5)C1)C4)(C3)C2. The Hall–Kier alpha value is 0.440. The van der Waals surface area contributed by atoms with Gasteiger partial charge in [-0.1, -0.05) is 57.0 Å². The summed E-state index contributed by atoms with van der Waals surface area (Å²) in [7, 11) is 0. The predicted molar refractivity (Wildman–Crippen MR) is 137 cm³/mol.